The second-order valence-electron chi connectivity index (χ2n) is 8.44. The summed E-state index contributed by atoms with van der Waals surface area (Å²) >= 11 is 0. The number of nitrogens with two attached hydrogens (primary N) is 1. The summed E-state index contributed by atoms with van der Waals surface area (Å²) in [6.07, 6.45) is 1.12. The summed E-state index contributed by atoms with van der Waals surface area (Å²) in [5, 5.41) is 0. The highest BCUT2D eigenvalue weighted by Gasteiger charge is 2.30. The van der Waals surface area contributed by atoms with E-state index in [1.165, 1.54) is 6.33 Å². The Morgan fingerprint density at radius 3 is 2.51 bits per heavy atom. The molecule has 1 aliphatic heterocycles. The van der Waals surface area contributed by atoms with Gasteiger partial charge < -0.3 is 29.0 Å². The molecule has 2 aromatic carbocycles. The molecule has 5 rings (SSSR count). The van der Waals surface area contributed by atoms with Crippen LogP contribution in [-0.2, 0) is 41.0 Å². The molecule has 2 aromatic heterocycles. The molecule has 4 aromatic rings. The molecule has 3 N–H and O–H groups in total. The van der Waals surface area contributed by atoms with E-state index in [2.05, 4.69) is 21.5 Å². The van der Waals surface area contributed by atoms with Crippen LogP contribution in [0.4, 0.5) is 5.95 Å². The SMILES string of the molecule is C=C1OC(COP(=O)(COCCn2cnc3c(=O)[nH]c(N)nc32)OCc2ccccc2)=C(c2ccccc2)O1. The van der Waals surface area contributed by atoms with Gasteiger partial charge in [0.2, 0.25) is 5.95 Å². The Morgan fingerprint density at radius 1 is 1.03 bits per heavy atom. The van der Waals surface area contributed by atoms with E-state index in [4.69, 9.17) is 29.0 Å². The highest BCUT2D eigenvalue weighted by atomic mass is 31.2. The number of nitrogen functional groups attached to an aromatic ring is 1. The quantitative estimate of drug-likeness (QED) is 0.195. The highest BCUT2D eigenvalue weighted by molar-refractivity contribution is 7.53. The Kier molecular flexibility index (Phi) is 7.89. The van der Waals surface area contributed by atoms with Gasteiger partial charge in [0.05, 0.1) is 19.5 Å². The third kappa shape index (κ3) is 6.44. The van der Waals surface area contributed by atoms with E-state index in [0.29, 0.717) is 17.2 Å². The number of imidazole rings is 1. The molecule has 0 fully saturated rings. The van der Waals surface area contributed by atoms with Crippen molar-refractivity contribution < 1.29 is 27.8 Å². The summed E-state index contributed by atoms with van der Waals surface area (Å²) in [6, 6.07) is 18.6. The number of hydrogen-bond donors (Lipinski definition) is 2. The Morgan fingerprint density at radius 2 is 1.74 bits per heavy atom. The fraction of sp³-hybridized carbons (Fsp3) is 0.192. The summed E-state index contributed by atoms with van der Waals surface area (Å²) in [5.41, 5.74) is 7.27. The smallest absolute Gasteiger partial charge is 0.356 e. The Bertz CT molecular complexity index is 1600. The first-order chi connectivity index (χ1) is 18.9. The molecule has 1 atom stereocenters. The fourth-order valence-corrected chi connectivity index (χ4v) is 5.01. The van der Waals surface area contributed by atoms with E-state index in [1.807, 2.05) is 60.7 Å². The van der Waals surface area contributed by atoms with E-state index in [0.717, 1.165) is 11.1 Å². The number of H-pyrrole nitrogens is 1. The predicted octanol–water partition coefficient (Wildman–Crippen LogP) is 3.99. The number of rotatable bonds is 12. The van der Waals surface area contributed by atoms with Crippen LogP contribution in [-0.4, -0.2) is 39.1 Å². The van der Waals surface area contributed by atoms with Crippen LogP contribution in [0, 0.1) is 0 Å². The lowest BCUT2D eigenvalue weighted by Crippen LogP contribution is -2.13. The molecular formula is C26H26N5O7P. The number of aromatic nitrogens is 4. The van der Waals surface area contributed by atoms with Crippen LogP contribution in [0.2, 0.25) is 0 Å². The molecule has 0 saturated carbocycles. The lowest BCUT2D eigenvalue weighted by molar-refractivity contribution is 0.115. The summed E-state index contributed by atoms with van der Waals surface area (Å²) < 4.78 is 43.8. The van der Waals surface area contributed by atoms with Crippen LogP contribution in [0.5, 0.6) is 0 Å². The second kappa shape index (κ2) is 11.7. The minimum Gasteiger partial charge on any atom is -0.424 e. The summed E-state index contributed by atoms with van der Waals surface area (Å²) in [5.74, 6) is 0.801. The minimum atomic E-state index is -3.78. The van der Waals surface area contributed by atoms with Crippen LogP contribution in [0.3, 0.4) is 0 Å². The number of aromatic amines is 1. The third-order valence-corrected chi connectivity index (χ3v) is 7.17. The van der Waals surface area contributed by atoms with Crippen molar-refractivity contribution in [2.45, 2.75) is 13.2 Å². The predicted molar refractivity (Wildman–Crippen MR) is 143 cm³/mol. The van der Waals surface area contributed by atoms with Crippen molar-refractivity contribution in [3.05, 3.63) is 107 Å². The molecule has 0 aliphatic carbocycles. The van der Waals surface area contributed by atoms with Crippen molar-refractivity contribution in [3.63, 3.8) is 0 Å². The molecule has 0 spiro atoms. The van der Waals surface area contributed by atoms with Gasteiger partial charge in [0, 0.05) is 12.1 Å². The van der Waals surface area contributed by atoms with Gasteiger partial charge in [0.15, 0.2) is 22.7 Å². The van der Waals surface area contributed by atoms with Crippen LogP contribution in [0.1, 0.15) is 11.1 Å². The van der Waals surface area contributed by atoms with Crippen molar-refractivity contribution >= 4 is 30.5 Å². The Hall–Kier alpha value is -4.22. The van der Waals surface area contributed by atoms with Crippen molar-refractivity contribution in [2.24, 2.45) is 0 Å². The lowest BCUT2D eigenvalue weighted by Gasteiger charge is -2.19. The number of benzene rings is 2. The molecule has 3 heterocycles. The van der Waals surface area contributed by atoms with Gasteiger partial charge in [-0.3, -0.25) is 18.9 Å². The van der Waals surface area contributed by atoms with Gasteiger partial charge in [0.1, 0.15) is 13.0 Å². The van der Waals surface area contributed by atoms with E-state index >= 15 is 0 Å². The molecule has 13 heteroatoms. The molecule has 1 unspecified atom stereocenters. The van der Waals surface area contributed by atoms with Crippen molar-refractivity contribution in [1.82, 2.24) is 19.5 Å². The van der Waals surface area contributed by atoms with Gasteiger partial charge in [0.25, 0.3) is 11.5 Å². The first-order valence-electron chi connectivity index (χ1n) is 11.9. The summed E-state index contributed by atoms with van der Waals surface area (Å²) in [6.45, 7) is 3.94. The average molecular weight is 551 g/mol. The molecule has 0 radical (unpaired) electrons. The Balaban J connectivity index is 1.27. The van der Waals surface area contributed by atoms with E-state index in [9.17, 15) is 9.36 Å². The lowest BCUT2D eigenvalue weighted by atomic mass is 10.2. The monoisotopic (exact) mass is 551 g/mol. The number of anilines is 1. The van der Waals surface area contributed by atoms with Gasteiger partial charge in [-0.1, -0.05) is 60.7 Å². The second-order valence-corrected chi connectivity index (χ2v) is 10.4. The minimum absolute atomic E-state index is 0.0210. The zero-order valence-corrected chi connectivity index (χ0v) is 21.7. The number of hydrogen-bond acceptors (Lipinski definition) is 10. The third-order valence-electron chi connectivity index (χ3n) is 5.62. The van der Waals surface area contributed by atoms with Crippen LogP contribution < -0.4 is 11.3 Å². The number of fused-ring (bicyclic) bond motifs is 1. The summed E-state index contributed by atoms with van der Waals surface area (Å²) in [4.78, 5) is 22.6. The molecule has 1 aliphatic rings. The molecule has 202 valence electrons. The Labute approximate surface area is 223 Å². The zero-order chi connectivity index (χ0) is 27.2. The van der Waals surface area contributed by atoms with Crippen LogP contribution >= 0.6 is 7.60 Å². The van der Waals surface area contributed by atoms with Crippen LogP contribution in [0.15, 0.2) is 90.1 Å². The first kappa shape index (κ1) is 26.4. The fourth-order valence-electron chi connectivity index (χ4n) is 3.77. The normalized spacial score (nSPS) is 14.8. The maximum Gasteiger partial charge on any atom is 0.356 e. The average Bonchev–Trinajstić information content (AvgIpc) is 3.53. The first-order valence-corrected chi connectivity index (χ1v) is 13.7. The number of nitrogens with one attached hydrogen (secondary N) is 1. The van der Waals surface area contributed by atoms with Crippen molar-refractivity contribution in [2.75, 3.05) is 25.3 Å². The van der Waals surface area contributed by atoms with E-state index in [-0.39, 0.29) is 50.1 Å². The van der Waals surface area contributed by atoms with E-state index in [1.54, 1.807) is 4.57 Å². The highest BCUT2D eigenvalue weighted by Crippen LogP contribution is 2.50. The zero-order valence-electron chi connectivity index (χ0n) is 20.8. The molecule has 0 amide bonds. The molecule has 0 saturated heterocycles. The standard InChI is InChI=1S/C26H26N5O7P/c1-18-37-21(23(38-18)20-10-6-3-7-11-20)15-36-39(33,35-14-19-8-4-2-5-9-19)17-34-13-12-31-16-28-22-24(31)29-26(27)30-25(22)32/h2-11,16H,1,12-15,17H2,(H3,27,29,30,32). The van der Waals surface area contributed by atoms with E-state index < -0.39 is 13.2 Å². The molecule has 39 heavy (non-hydrogen) atoms. The van der Waals surface area contributed by atoms with Gasteiger partial charge in [-0.15, -0.1) is 0 Å². The summed E-state index contributed by atoms with van der Waals surface area (Å²) in [7, 11) is -3.78. The van der Waals surface area contributed by atoms with Gasteiger partial charge in [-0.05, 0) is 12.1 Å². The van der Waals surface area contributed by atoms with Gasteiger partial charge in [-0.25, -0.2) is 4.98 Å². The van der Waals surface area contributed by atoms with Crippen molar-refractivity contribution in [1.29, 1.82) is 0 Å². The van der Waals surface area contributed by atoms with Gasteiger partial charge >= 0.3 is 7.60 Å². The van der Waals surface area contributed by atoms with Crippen molar-refractivity contribution in [3.8, 4) is 0 Å². The number of ether oxygens (including phenoxy) is 3. The maximum atomic E-state index is 13.7. The maximum absolute atomic E-state index is 13.7. The van der Waals surface area contributed by atoms with Crippen LogP contribution in [0.25, 0.3) is 16.9 Å². The van der Waals surface area contributed by atoms with Gasteiger partial charge in [-0.2, -0.15) is 4.98 Å². The largest absolute Gasteiger partial charge is 0.424 e. The molecule has 0 bridgehead atoms. The topological polar surface area (TPSA) is 153 Å². The molecule has 12 nitrogen and oxygen atoms in total. The molecular weight excluding hydrogens is 525 g/mol. The number of nitrogens with zero attached hydrogens (tertiary/aromatic N) is 3.